The van der Waals surface area contributed by atoms with E-state index in [9.17, 15) is 9.59 Å². The Hall–Kier alpha value is -2.12. The number of ether oxygens (including phenoxy) is 1. The van der Waals surface area contributed by atoms with Gasteiger partial charge in [-0.2, -0.15) is 0 Å². The van der Waals surface area contributed by atoms with Crippen molar-refractivity contribution in [2.75, 3.05) is 44.7 Å². The molecule has 2 heterocycles. The van der Waals surface area contributed by atoms with Crippen molar-refractivity contribution >= 4 is 17.6 Å². The SMILES string of the molecule is O=C(NCC1(N2CCOCC2)CCCCC1)Nc1ccc(CN2CCCC2=O)cc1. The van der Waals surface area contributed by atoms with Gasteiger partial charge in [0, 0.05) is 50.4 Å². The number of carbonyl (C=O) groups is 2. The number of hydrogen-bond donors (Lipinski definition) is 2. The van der Waals surface area contributed by atoms with Crippen molar-refractivity contribution < 1.29 is 14.3 Å². The van der Waals surface area contributed by atoms with Gasteiger partial charge in [0.1, 0.15) is 0 Å². The summed E-state index contributed by atoms with van der Waals surface area (Å²) >= 11 is 0. The number of amides is 3. The van der Waals surface area contributed by atoms with Crippen LogP contribution in [0.25, 0.3) is 0 Å². The van der Waals surface area contributed by atoms with E-state index >= 15 is 0 Å². The van der Waals surface area contributed by atoms with Crippen LogP contribution < -0.4 is 10.6 Å². The maximum atomic E-state index is 12.6. The molecule has 0 aromatic heterocycles. The van der Waals surface area contributed by atoms with E-state index in [1.807, 2.05) is 29.2 Å². The van der Waals surface area contributed by atoms with Gasteiger partial charge in [-0.15, -0.1) is 0 Å². The van der Waals surface area contributed by atoms with Crippen LogP contribution in [-0.2, 0) is 16.1 Å². The molecule has 3 aliphatic rings. The quantitative estimate of drug-likeness (QED) is 0.751. The molecule has 0 bridgehead atoms. The van der Waals surface area contributed by atoms with E-state index in [0.29, 0.717) is 19.5 Å². The molecule has 1 saturated carbocycles. The molecule has 7 heteroatoms. The van der Waals surface area contributed by atoms with Gasteiger partial charge in [0.2, 0.25) is 5.91 Å². The molecule has 4 rings (SSSR count). The fourth-order valence-corrected chi connectivity index (χ4v) is 5.06. The van der Waals surface area contributed by atoms with Crippen LogP contribution in [0, 0.1) is 0 Å². The molecule has 1 aromatic carbocycles. The van der Waals surface area contributed by atoms with Gasteiger partial charge in [-0.05, 0) is 37.0 Å². The third-order valence-corrected chi connectivity index (χ3v) is 6.80. The Labute approximate surface area is 179 Å². The lowest BCUT2D eigenvalue weighted by atomic mass is 9.80. The lowest BCUT2D eigenvalue weighted by Gasteiger charge is -2.48. The Kier molecular flexibility index (Phi) is 6.89. The van der Waals surface area contributed by atoms with Gasteiger partial charge in [-0.25, -0.2) is 4.79 Å². The highest BCUT2D eigenvalue weighted by atomic mass is 16.5. The van der Waals surface area contributed by atoms with Crippen molar-refractivity contribution in [3.63, 3.8) is 0 Å². The highest BCUT2D eigenvalue weighted by Gasteiger charge is 2.38. The third kappa shape index (κ3) is 5.13. The van der Waals surface area contributed by atoms with Crippen molar-refractivity contribution in [1.29, 1.82) is 0 Å². The molecule has 0 spiro atoms. The topological polar surface area (TPSA) is 73.9 Å². The Balaban J connectivity index is 1.29. The second-order valence-electron chi connectivity index (χ2n) is 8.81. The van der Waals surface area contributed by atoms with Crippen molar-refractivity contribution in [2.24, 2.45) is 0 Å². The van der Waals surface area contributed by atoms with E-state index < -0.39 is 0 Å². The number of rotatable bonds is 6. The summed E-state index contributed by atoms with van der Waals surface area (Å²) in [6.07, 6.45) is 7.61. The summed E-state index contributed by atoms with van der Waals surface area (Å²) in [5.41, 5.74) is 1.92. The van der Waals surface area contributed by atoms with E-state index in [0.717, 1.165) is 63.4 Å². The Morgan fingerprint density at radius 3 is 2.40 bits per heavy atom. The first-order valence-electron chi connectivity index (χ1n) is 11.4. The maximum Gasteiger partial charge on any atom is 0.319 e. The Bertz CT molecular complexity index is 724. The largest absolute Gasteiger partial charge is 0.379 e. The summed E-state index contributed by atoms with van der Waals surface area (Å²) < 4.78 is 5.53. The number of anilines is 1. The van der Waals surface area contributed by atoms with Gasteiger partial charge in [-0.1, -0.05) is 31.4 Å². The zero-order valence-electron chi connectivity index (χ0n) is 17.8. The second-order valence-corrected chi connectivity index (χ2v) is 8.81. The zero-order valence-corrected chi connectivity index (χ0v) is 17.8. The first kappa shape index (κ1) is 21.1. The highest BCUT2D eigenvalue weighted by Crippen LogP contribution is 2.33. The van der Waals surface area contributed by atoms with Crippen LogP contribution in [0.1, 0.15) is 50.5 Å². The summed E-state index contributed by atoms with van der Waals surface area (Å²) in [7, 11) is 0. The molecule has 2 N–H and O–H groups in total. The third-order valence-electron chi connectivity index (χ3n) is 6.80. The summed E-state index contributed by atoms with van der Waals surface area (Å²) in [4.78, 5) is 28.8. The van der Waals surface area contributed by atoms with Crippen molar-refractivity contribution in [3.8, 4) is 0 Å². The number of morpholine rings is 1. The van der Waals surface area contributed by atoms with Crippen LogP contribution in [0.5, 0.6) is 0 Å². The second kappa shape index (κ2) is 9.79. The fourth-order valence-electron chi connectivity index (χ4n) is 5.06. The molecule has 3 amide bonds. The number of carbonyl (C=O) groups excluding carboxylic acids is 2. The van der Waals surface area contributed by atoms with Gasteiger partial charge in [0.25, 0.3) is 0 Å². The van der Waals surface area contributed by atoms with Crippen LogP contribution in [0.15, 0.2) is 24.3 Å². The molecule has 2 aliphatic heterocycles. The van der Waals surface area contributed by atoms with E-state index in [2.05, 4.69) is 15.5 Å². The average Bonchev–Trinajstić information content (AvgIpc) is 3.19. The predicted molar refractivity (Wildman–Crippen MR) is 116 cm³/mol. The average molecular weight is 415 g/mol. The molecule has 30 heavy (non-hydrogen) atoms. The molecular formula is C23H34N4O3. The molecule has 164 valence electrons. The Morgan fingerprint density at radius 2 is 1.73 bits per heavy atom. The van der Waals surface area contributed by atoms with Gasteiger partial charge >= 0.3 is 6.03 Å². The number of likely N-dealkylation sites (tertiary alicyclic amines) is 1. The zero-order chi connectivity index (χ0) is 20.8. The first-order chi connectivity index (χ1) is 14.6. The summed E-state index contributed by atoms with van der Waals surface area (Å²) in [6.45, 7) is 5.62. The molecular weight excluding hydrogens is 380 g/mol. The molecule has 0 atom stereocenters. The number of benzene rings is 1. The van der Waals surface area contributed by atoms with Crippen molar-refractivity contribution in [2.45, 2.75) is 57.0 Å². The lowest BCUT2D eigenvalue weighted by molar-refractivity contribution is -0.128. The van der Waals surface area contributed by atoms with Crippen LogP contribution >= 0.6 is 0 Å². The van der Waals surface area contributed by atoms with Gasteiger partial charge in [0.15, 0.2) is 0 Å². The summed E-state index contributed by atoms with van der Waals surface area (Å²) in [6, 6.07) is 7.63. The fraction of sp³-hybridized carbons (Fsp3) is 0.652. The standard InChI is InChI=1S/C23H34N4O3/c28-21-5-4-12-26(21)17-19-6-8-20(9-7-19)25-22(29)24-18-23(10-2-1-3-11-23)27-13-15-30-16-14-27/h6-9H,1-5,10-18H2,(H2,24,25,29). The summed E-state index contributed by atoms with van der Waals surface area (Å²) in [5.74, 6) is 0.230. The van der Waals surface area contributed by atoms with Crippen LogP contribution in [0.2, 0.25) is 0 Å². The normalized spacial score (nSPS) is 22.1. The molecule has 0 radical (unpaired) electrons. The Morgan fingerprint density at radius 1 is 1.00 bits per heavy atom. The minimum atomic E-state index is -0.157. The van der Waals surface area contributed by atoms with E-state index in [1.165, 1.54) is 19.3 Å². The maximum absolute atomic E-state index is 12.6. The van der Waals surface area contributed by atoms with E-state index in [-0.39, 0.29) is 17.5 Å². The monoisotopic (exact) mass is 414 g/mol. The molecule has 2 saturated heterocycles. The van der Waals surface area contributed by atoms with E-state index in [1.54, 1.807) is 0 Å². The van der Waals surface area contributed by atoms with Gasteiger partial charge < -0.3 is 20.3 Å². The number of urea groups is 1. The molecule has 7 nitrogen and oxygen atoms in total. The molecule has 0 unspecified atom stereocenters. The van der Waals surface area contributed by atoms with Crippen LogP contribution in [0.3, 0.4) is 0 Å². The van der Waals surface area contributed by atoms with Crippen molar-refractivity contribution in [3.05, 3.63) is 29.8 Å². The minimum Gasteiger partial charge on any atom is -0.379 e. The summed E-state index contributed by atoms with van der Waals surface area (Å²) in [5, 5.41) is 6.09. The van der Waals surface area contributed by atoms with E-state index in [4.69, 9.17) is 4.74 Å². The van der Waals surface area contributed by atoms with Crippen LogP contribution in [-0.4, -0.2) is 66.7 Å². The number of hydrogen-bond acceptors (Lipinski definition) is 4. The van der Waals surface area contributed by atoms with Gasteiger partial charge in [0.05, 0.1) is 13.2 Å². The smallest absolute Gasteiger partial charge is 0.319 e. The molecule has 1 aliphatic carbocycles. The predicted octanol–water partition coefficient (Wildman–Crippen LogP) is 2.97. The van der Waals surface area contributed by atoms with Crippen LogP contribution in [0.4, 0.5) is 10.5 Å². The van der Waals surface area contributed by atoms with Crippen molar-refractivity contribution in [1.82, 2.24) is 15.1 Å². The lowest BCUT2D eigenvalue weighted by Crippen LogP contribution is -2.60. The highest BCUT2D eigenvalue weighted by molar-refractivity contribution is 5.89. The minimum absolute atomic E-state index is 0.0610. The molecule has 3 fully saturated rings. The molecule has 1 aromatic rings. The number of nitrogens with zero attached hydrogens (tertiary/aromatic N) is 2. The first-order valence-corrected chi connectivity index (χ1v) is 11.4. The van der Waals surface area contributed by atoms with Gasteiger partial charge in [-0.3, -0.25) is 9.69 Å². The number of nitrogens with one attached hydrogen (secondary N) is 2.